The molecule has 2 amide bonds. The van der Waals surface area contributed by atoms with E-state index in [0.717, 1.165) is 0 Å². The summed E-state index contributed by atoms with van der Waals surface area (Å²) in [6.07, 6.45) is -0.843. The summed E-state index contributed by atoms with van der Waals surface area (Å²) in [7, 11) is 3.19. The Morgan fingerprint density at radius 2 is 1.35 bits per heavy atom. The van der Waals surface area contributed by atoms with Crippen molar-refractivity contribution in [3.8, 4) is 0 Å². The lowest BCUT2D eigenvalue weighted by atomic mass is 10.2. The highest BCUT2D eigenvalue weighted by atomic mass is 16.6. The molecule has 0 aromatic carbocycles. The van der Waals surface area contributed by atoms with Gasteiger partial charge in [0.25, 0.3) is 0 Å². The predicted octanol–water partition coefficient (Wildman–Crippen LogP) is 0.990. The smallest absolute Gasteiger partial charge is 0.410 e. The highest BCUT2D eigenvalue weighted by Crippen LogP contribution is 2.15. The van der Waals surface area contributed by atoms with Gasteiger partial charge in [-0.2, -0.15) is 0 Å². The number of methoxy groups -OCH3 is 1. The number of nitrogens with zero attached hydrogens (tertiary/aromatic N) is 3. The zero-order valence-corrected chi connectivity index (χ0v) is 21.5. The number of aliphatic carboxylic acids is 1. The number of hydrogen-bond donors (Lipinski definition) is 2. The van der Waals surface area contributed by atoms with E-state index in [9.17, 15) is 19.2 Å². The first kappa shape index (κ1) is 29.4. The number of carboxylic acid groups (broad SMARTS) is 1. The van der Waals surface area contributed by atoms with Gasteiger partial charge < -0.3 is 34.4 Å². The number of nitrogens with one attached hydrogen (secondary N) is 1. The first-order valence-corrected chi connectivity index (χ1v) is 11.2. The van der Waals surface area contributed by atoms with Crippen LogP contribution in [0, 0.1) is 0 Å². The summed E-state index contributed by atoms with van der Waals surface area (Å²) in [4.78, 5) is 50.8. The van der Waals surface area contributed by atoms with Crippen LogP contribution in [0.1, 0.15) is 41.5 Å². The molecule has 0 aromatic heterocycles. The molecule has 0 aliphatic carbocycles. The molecule has 2 rings (SSSR count). The SMILES string of the molecule is CC(C)(C)OC(=O)N1CCNC(C(=O)O)C1.COC(=O)C1CN(C(=O)OC(C)(C)C)CCN1C. The van der Waals surface area contributed by atoms with E-state index < -0.39 is 35.3 Å². The molecule has 2 aliphatic rings. The Labute approximate surface area is 201 Å². The number of ether oxygens (including phenoxy) is 3. The normalized spacial score (nSPS) is 21.6. The molecule has 2 unspecified atom stereocenters. The lowest BCUT2D eigenvalue weighted by Gasteiger charge is -2.38. The average Bonchev–Trinajstić information content (AvgIpc) is 2.71. The van der Waals surface area contributed by atoms with Gasteiger partial charge in [0, 0.05) is 26.2 Å². The average molecular weight is 489 g/mol. The van der Waals surface area contributed by atoms with E-state index in [-0.39, 0.29) is 18.6 Å². The molecule has 0 spiro atoms. The lowest BCUT2D eigenvalue weighted by Crippen LogP contribution is -2.57. The second-order valence-electron chi connectivity index (χ2n) is 10.2. The van der Waals surface area contributed by atoms with Gasteiger partial charge in [-0.1, -0.05) is 0 Å². The van der Waals surface area contributed by atoms with E-state index in [4.69, 9.17) is 19.3 Å². The van der Waals surface area contributed by atoms with Crippen LogP contribution in [0.4, 0.5) is 9.59 Å². The number of likely N-dealkylation sites (N-methyl/N-ethyl adjacent to an activating group) is 1. The number of carbonyl (C=O) groups excluding carboxylic acids is 3. The number of esters is 1. The molecule has 0 bridgehead atoms. The van der Waals surface area contributed by atoms with Crippen LogP contribution in [0.2, 0.25) is 0 Å². The summed E-state index contributed by atoms with van der Waals surface area (Å²) in [5.74, 6) is -1.28. The van der Waals surface area contributed by atoms with Crippen molar-refractivity contribution in [2.45, 2.75) is 64.8 Å². The maximum atomic E-state index is 11.9. The van der Waals surface area contributed by atoms with Gasteiger partial charge in [0.2, 0.25) is 0 Å². The molecule has 2 aliphatic heterocycles. The van der Waals surface area contributed by atoms with Crippen LogP contribution in [0.3, 0.4) is 0 Å². The van der Waals surface area contributed by atoms with Gasteiger partial charge in [-0.05, 0) is 48.6 Å². The quantitative estimate of drug-likeness (QED) is 0.427. The summed E-state index contributed by atoms with van der Waals surface area (Å²) in [5, 5.41) is 11.6. The zero-order chi connectivity index (χ0) is 26.3. The molecule has 0 radical (unpaired) electrons. The highest BCUT2D eigenvalue weighted by molar-refractivity contribution is 5.78. The minimum absolute atomic E-state index is 0.143. The maximum Gasteiger partial charge on any atom is 0.410 e. The fourth-order valence-corrected chi connectivity index (χ4v) is 3.16. The van der Waals surface area contributed by atoms with Gasteiger partial charge in [-0.3, -0.25) is 14.5 Å². The minimum Gasteiger partial charge on any atom is -0.480 e. The van der Waals surface area contributed by atoms with Crippen LogP contribution < -0.4 is 5.32 Å². The Hall–Kier alpha value is -2.60. The topological polar surface area (TPSA) is 138 Å². The molecular weight excluding hydrogens is 448 g/mol. The van der Waals surface area contributed by atoms with Crippen molar-refractivity contribution in [2.24, 2.45) is 0 Å². The van der Waals surface area contributed by atoms with E-state index in [1.165, 1.54) is 12.0 Å². The van der Waals surface area contributed by atoms with Crippen LogP contribution in [0.15, 0.2) is 0 Å². The number of hydrogen-bond acceptors (Lipinski definition) is 9. The minimum atomic E-state index is -0.951. The Bertz CT molecular complexity index is 731. The van der Waals surface area contributed by atoms with E-state index in [2.05, 4.69) is 5.32 Å². The summed E-state index contributed by atoms with van der Waals surface area (Å²) < 4.78 is 15.2. The molecular formula is C22H40N4O8. The summed E-state index contributed by atoms with van der Waals surface area (Å²) in [5.41, 5.74) is -1.08. The molecule has 0 aromatic rings. The monoisotopic (exact) mass is 488 g/mol. The summed E-state index contributed by atoms with van der Waals surface area (Å²) in [6.45, 7) is 13.4. The fourth-order valence-electron chi connectivity index (χ4n) is 3.16. The van der Waals surface area contributed by atoms with E-state index >= 15 is 0 Å². The van der Waals surface area contributed by atoms with Gasteiger partial charge in [-0.25, -0.2) is 9.59 Å². The molecule has 34 heavy (non-hydrogen) atoms. The van der Waals surface area contributed by atoms with E-state index in [0.29, 0.717) is 32.7 Å². The Morgan fingerprint density at radius 3 is 1.79 bits per heavy atom. The van der Waals surface area contributed by atoms with Gasteiger partial charge in [-0.15, -0.1) is 0 Å². The number of piperazine rings is 2. The molecule has 2 saturated heterocycles. The molecule has 0 saturated carbocycles. The van der Waals surface area contributed by atoms with Crippen molar-refractivity contribution in [3.05, 3.63) is 0 Å². The van der Waals surface area contributed by atoms with Crippen molar-refractivity contribution in [1.82, 2.24) is 20.0 Å². The van der Waals surface area contributed by atoms with Gasteiger partial charge >= 0.3 is 24.1 Å². The van der Waals surface area contributed by atoms with Crippen LogP contribution in [0.25, 0.3) is 0 Å². The van der Waals surface area contributed by atoms with E-state index in [1.807, 2.05) is 32.7 Å². The lowest BCUT2D eigenvalue weighted by molar-refractivity contribution is -0.148. The number of carboxylic acids is 1. The molecule has 12 heteroatoms. The first-order valence-electron chi connectivity index (χ1n) is 11.2. The number of rotatable bonds is 2. The third kappa shape index (κ3) is 10.1. The van der Waals surface area contributed by atoms with Crippen LogP contribution in [0.5, 0.6) is 0 Å². The van der Waals surface area contributed by atoms with Gasteiger partial charge in [0.15, 0.2) is 0 Å². The van der Waals surface area contributed by atoms with Crippen LogP contribution >= 0.6 is 0 Å². The Morgan fingerprint density at radius 1 is 0.853 bits per heavy atom. The van der Waals surface area contributed by atoms with Crippen LogP contribution in [-0.2, 0) is 23.8 Å². The summed E-state index contributed by atoms with van der Waals surface area (Å²) >= 11 is 0. The number of amides is 2. The van der Waals surface area contributed by atoms with E-state index in [1.54, 1.807) is 25.7 Å². The standard InChI is InChI=1S/C12H22N2O4.C10H18N2O4/c1-12(2,3)18-11(16)14-7-6-13(4)9(8-14)10(15)17-5;1-10(2,3)16-9(15)12-5-4-11-7(6-12)8(13)14/h9H,6-8H2,1-5H3;7,11H,4-6H2,1-3H3,(H,13,14). The van der Waals surface area contributed by atoms with Crippen LogP contribution in [-0.4, -0.2) is 121 Å². The van der Waals surface area contributed by atoms with Gasteiger partial charge in [0.05, 0.1) is 20.2 Å². The molecule has 12 nitrogen and oxygen atoms in total. The largest absolute Gasteiger partial charge is 0.480 e. The first-order chi connectivity index (χ1) is 15.5. The fraction of sp³-hybridized carbons (Fsp3) is 0.818. The molecule has 196 valence electrons. The molecule has 2 heterocycles. The third-order valence-electron chi connectivity index (χ3n) is 4.90. The van der Waals surface area contributed by atoms with Crippen molar-refractivity contribution in [2.75, 3.05) is 53.4 Å². The second kappa shape index (κ2) is 12.2. The molecule has 2 fully saturated rings. The molecule has 2 atom stereocenters. The van der Waals surface area contributed by atoms with Crippen molar-refractivity contribution >= 4 is 24.1 Å². The third-order valence-corrected chi connectivity index (χ3v) is 4.90. The van der Waals surface area contributed by atoms with Gasteiger partial charge in [0.1, 0.15) is 23.3 Å². The van der Waals surface area contributed by atoms with Crippen molar-refractivity contribution in [3.63, 3.8) is 0 Å². The second-order valence-corrected chi connectivity index (χ2v) is 10.2. The maximum absolute atomic E-state index is 11.9. The molecule has 2 N–H and O–H groups in total. The highest BCUT2D eigenvalue weighted by Gasteiger charge is 2.34. The Kier molecular flexibility index (Phi) is 10.6. The zero-order valence-electron chi connectivity index (χ0n) is 21.5. The Balaban J connectivity index is 0.000000342. The van der Waals surface area contributed by atoms with Crippen molar-refractivity contribution < 1.29 is 38.5 Å². The van der Waals surface area contributed by atoms with Crippen molar-refractivity contribution in [1.29, 1.82) is 0 Å². The summed E-state index contributed by atoms with van der Waals surface area (Å²) in [6, 6.07) is -1.13. The predicted molar refractivity (Wildman–Crippen MR) is 123 cm³/mol. The number of carbonyl (C=O) groups is 4.